The van der Waals surface area contributed by atoms with Gasteiger partial charge in [0.1, 0.15) is 6.04 Å². The zero-order valence-corrected chi connectivity index (χ0v) is 9.40. The first-order chi connectivity index (χ1) is 7.57. The second kappa shape index (κ2) is 4.14. The largest absolute Gasteiger partial charge is 0.480 e. The fourth-order valence-corrected chi connectivity index (χ4v) is 3.79. The summed E-state index contributed by atoms with van der Waals surface area (Å²) in [5, 5.41) is 18.2. The molecule has 2 aliphatic heterocycles. The molecule has 6 nitrogen and oxygen atoms in total. The smallest absolute Gasteiger partial charge is 0.409 e. The van der Waals surface area contributed by atoms with Gasteiger partial charge in [-0.05, 0) is 0 Å². The molecule has 0 aromatic carbocycles. The molecule has 16 heavy (non-hydrogen) atoms. The van der Waals surface area contributed by atoms with Crippen molar-refractivity contribution in [2.45, 2.75) is 23.8 Å². The Kier molecular flexibility index (Phi) is 2.98. The van der Waals surface area contributed by atoms with Crippen molar-refractivity contribution in [1.82, 2.24) is 4.90 Å². The van der Waals surface area contributed by atoms with Crippen molar-refractivity contribution >= 4 is 23.8 Å². The number of carboxylic acids is 1. The number of thioether (sulfide) groups is 1. The third-order valence-corrected chi connectivity index (χ3v) is 4.65. The number of hydrogen-bond donors (Lipinski definition) is 2. The molecule has 0 aromatic rings. The van der Waals surface area contributed by atoms with Gasteiger partial charge in [-0.25, -0.2) is 9.59 Å². The molecule has 2 aliphatic rings. The third kappa shape index (κ3) is 1.73. The molecule has 1 amide bonds. The molecule has 2 fully saturated rings. The lowest BCUT2D eigenvalue weighted by molar-refractivity contribution is -0.143. The van der Waals surface area contributed by atoms with E-state index < -0.39 is 23.0 Å². The van der Waals surface area contributed by atoms with E-state index in [-0.39, 0.29) is 0 Å². The van der Waals surface area contributed by atoms with Gasteiger partial charge in [0.15, 0.2) is 0 Å². The fraction of sp³-hybridized carbons (Fsp3) is 0.778. The van der Waals surface area contributed by atoms with Crippen LogP contribution in [-0.4, -0.2) is 57.1 Å². The molecule has 90 valence electrons. The maximum Gasteiger partial charge on any atom is 0.409 e. The molecule has 2 saturated heterocycles. The maximum absolute atomic E-state index is 11.2. The maximum atomic E-state index is 11.2. The van der Waals surface area contributed by atoms with Crippen LogP contribution in [0.25, 0.3) is 0 Å². The summed E-state index contributed by atoms with van der Waals surface area (Å²) >= 11 is 1.42. The summed E-state index contributed by atoms with van der Waals surface area (Å²) in [6, 6.07) is -0.930. The molecule has 2 heterocycles. The lowest BCUT2D eigenvalue weighted by atomic mass is 10.1. The molecule has 2 N–H and O–H groups in total. The quantitative estimate of drug-likeness (QED) is 0.708. The molecular weight excluding hydrogens is 234 g/mol. The Morgan fingerprint density at radius 3 is 2.44 bits per heavy atom. The van der Waals surface area contributed by atoms with E-state index in [1.165, 1.54) is 11.8 Å². The molecule has 0 saturated carbocycles. The van der Waals surface area contributed by atoms with Gasteiger partial charge < -0.3 is 14.9 Å². The number of ether oxygens (including phenoxy) is 1. The first-order valence-electron chi connectivity index (χ1n) is 5.04. The van der Waals surface area contributed by atoms with Gasteiger partial charge in [0.25, 0.3) is 0 Å². The van der Waals surface area contributed by atoms with Crippen LogP contribution in [-0.2, 0) is 9.53 Å². The molecule has 0 aromatic heterocycles. The highest BCUT2D eigenvalue weighted by molar-refractivity contribution is 8.01. The Morgan fingerprint density at radius 2 is 1.94 bits per heavy atom. The van der Waals surface area contributed by atoms with Gasteiger partial charge in [0, 0.05) is 31.8 Å². The summed E-state index contributed by atoms with van der Waals surface area (Å²) in [6.45, 7) is 0.978. The minimum atomic E-state index is -1.15. The molecule has 0 radical (unpaired) electrons. The molecule has 1 atom stereocenters. The van der Waals surface area contributed by atoms with Gasteiger partial charge in [-0.15, -0.1) is 11.8 Å². The van der Waals surface area contributed by atoms with Crippen molar-refractivity contribution in [2.75, 3.05) is 19.0 Å². The summed E-state index contributed by atoms with van der Waals surface area (Å²) in [5.74, 6) is -0.750. The van der Waals surface area contributed by atoms with E-state index in [1.54, 1.807) is 0 Å². The average molecular weight is 247 g/mol. The van der Waals surface area contributed by atoms with Crippen molar-refractivity contribution in [2.24, 2.45) is 0 Å². The van der Waals surface area contributed by atoms with E-state index >= 15 is 0 Å². The van der Waals surface area contributed by atoms with Crippen LogP contribution in [0, 0.1) is 0 Å². The predicted octanol–water partition coefficient (Wildman–Crippen LogP) is 0.673. The Hall–Kier alpha value is -0.950. The minimum absolute atomic E-state index is 0.321. The topological polar surface area (TPSA) is 87.1 Å². The number of rotatable bonds is 1. The van der Waals surface area contributed by atoms with E-state index in [2.05, 4.69) is 0 Å². The normalized spacial score (nSPS) is 28.2. The van der Waals surface area contributed by atoms with Gasteiger partial charge in [0.2, 0.25) is 0 Å². The second-order valence-corrected chi connectivity index (χ2v) is 5.26. The summed E-state index contributed by atoms with van der Waals surface area (Å²) < 4.78 is 5.20. The molecule has 1 spiro atoms. The Morgan fingerprint density at radius 1 is 1.31 bits per heavy atom. The van der Waals surface area contributed by atoms with E-state index in [0.29, 0.717) is 31.8 Å². The highest BCUT2D eigenvalue weighted by atomic mass is 32.2. The number of carbonyl (C=O) groups is 2. The SMILES string of the molecule is O=C(O)C1CSC2(CCOCC2)N1C(=O)O. The number of carboxylic acid groups (broad SMARTS) is 2. The molecule has 2 rings (SSSR count). The number of nitrogens with zero attached hydrogens (tertiary/aromatic N) is 1. The molecule has 0 bridgehead atoms. The highest BCUT2D eigenvalue weighted by Crippen LogP contribution is 2.46. The van der Waals surface area contributed by atoms with Gasteiger partial charge >= 0.3 is 12.1 Å². The molecular formula is C9H13NO5S. The molecule has 7 heteroatoms. The summed E-state index contributed by atoms with van der Waals surface area (Å²) in [5.41, 5.74) is 0. The summed E-state index contributed by atoms with van der Waals surface area (Å²) in [7, 11) is 0. The molecule has 0 aliphatic carbocycles. The van der Waals surface area contributed by atoms with Crippen molar-refractivity contribution in [3.63, 3.8) is 0 Å². The first kappa shape index (κ1) is 11.5. The minimum Gasteiger partial charge on any atom is -0.480 e. The van der Waals surface area contributed by atoms with Crippen molar-refractivity contribution in [1.29, 1.82) is 0 Å². The lowest BCUT2D eigenvalue weighted by Gasteiger charge is -2.39. The van der Waals surface area contributed by atoms with Crippen LogP contribution in [0.2, 0.25) is 0 Å². The van der Waals surface area contributed by atoms with E-state index in [9.17, 15) is 9.59 Å². The van der Waals surface area contributed by atoms with E-state index in [0.717, 1.165) is 4.90 Å². The monoisotopic (exact) mass is 247 g/mol. The molecule has 1 unspecified atom stereocenters. The predicted molar refractivity (Wildman–Crippen MR) is 56.5 cm³/mol. The fourth-order valence-electron chi connectivity index (χ4n) is 2.23. The van der Waals surface area contributed by atoms with Crippen LogP contribution < -0.4 is 0 Å². The van der Waals surface area contributed by atoms with Crippen molar-refractivity contribution < 1.29 is 24.5 Å². The van der Waals surface area contributed by atoms with Gasteiger partial charge in [-0.3, -0.25) is 4.90 Å². The lowest BCUT2D eigenvalue weighted by Crippen LogP contribution is -2.54. The standard InChI is InChI=1S/C9H13NO5S/c11-7(12)6-5-16-9(10(6)8(13)14)1-3-15-4-2-9/h6H,1-5H2,(H,11,12)(H,13,14). The van der Waals surface area contributed by atoms with Crippen LogP contribution in [0.1, 0.15) is 12.8 Å². The zero-order chi connectivity index (χ0) is 11.8. The number of amides is 1. The van der Waals surface area contributed by atoms with Crippen LogP contribution in [0.4, 0.5) is 4.79 Å². The van der Waals surface area contributed by atoms with E-state index in [1.807, 2.05) is 0 Å². The summed E-state index contributed by atoms with van der Waals surface area (Å²) in [6.07, 6.45) is -0.0269. The number of hydrogen-bond acceptors (Lipinski definition) is 4. The summed E-state index contributed by atoms with van der Waals surface area (Å²) in [4.78, 5) is 22.7. The Labute approximate surface area is 96.6 Å². The van der Waals surface area contributed by atoms with Gasteiger partial charge in [-0.2, -0.15) is 0 Å². The number of aliphatic carboxylic acids is 1. The van der Waals surface area contributed by atoms with Crippen molar-refractivity contribution in [3.8, 4) is 0 Å². The Balaban J connectivity index is 2.26. The van der Waals surface area contributed by atoms with Gasteiger partial charge in [0.05, 0.1) is 4.87 Å². The van der Waals surface area contributed by atoms with Crippen LogP contribution in [0.3, 0.4) is 0 Å². The van der Waals surface area contributed by atoms with Crippen LogP contribution >= 0.6 is 11.8 Å². The van der Waals surface area contributed by atoms with Gasteiger partial charge in [-0.1, -0.05) is 0 Å². The Bertz CT molecular complexity index is 315. The average Bonchev–Trinajstić information content (AvgIpc) is 2.58. The van der Waals surface area contributed by atoms with Crippen LogP contribution in [0.15, 0.2) is 0 Å². The first-order valence-corrected chi connectivity index (χ1v) is 6.02. The van der Waals surface area contributed by atoms with Crippen molar-refractivity contribution in [3.05, 3.63) is 0 Å². The second-order valence-electron chi connectivity index (χ2n) is 3.88. The third-order valence-electron chi connectivity index (χ3n) is 3.03. The van der Waals surface area contributed by atoms with E-state index in [4.69, 9.17) is 14.9 Å². The highest BCUT2D eigenvalue weighted by Gasteiger charge is 2.53. The van der Waals surface area contributed by atoms with Crippen LogP contribution in [0.5, 0.6) is 0 Å². The zero-order valence-electron chi connectivity index (χ0n) is 8.59.